The Labute approximate surface area is 112 Å². The molecular weight excluding hydrogens is 248 g/mol. The number of carbonyl (C=O) groups excluding carboxylic acids is 1. The highest BCUT2D eigenvalue weighted by molar-refractivity contribution is 7.85. The third-order valence-corrected chi connectivity index (χ3v) is 5.29. The molecule has 2 rings (SSSR count). The molecule has 1 saturated heterocycles. The third-order valence-electron chi connectivity index (χ3n) is 3.91. The fraction of sp³-hybridized carbons (Fsp3) is 0.923. The van der Waals surface area contributed by atoms with Crippen molar-refractivity contribution in [3.8, 4) is 0 Å². The maximum atomic E-state index is 11.8. The van der Waals surface area contributed by atoms with E-state index in [4.69, 9.17) is 0 Å². The first kappa shape index (κ1) is 14.0. The number of rotatable bonds is 4. The molecule has 1 saturated carbocycles. The summed E-state index contributed by atoms with van der Waals surface area (Å²) < 4.78 is 11.2. The number of carbonyl (C=O) groups is 1. The lowest BCUT2D eigenvalue weighted by molar-refractivity contribution is -0.121. The molecule has 1 aliphatic heterocycles. The summed E-state index contributed by atoms with van der Waals surface area (Å²) in [5.74, 6) is 1.68. The van der Waals surface area contributed by atoms with E-state index in [1.165, 1.54) is 19.3 Å². The summed E-state index contributed by atoms with van der Waals surface area (Å²) in [7, 11) is -0.621. The molecule has 2 N–H and O–H groups in total. The zero-order valence-corrected chi connectivity index (χ0v) is 11.8. The van der Waals surface area contributed by atoms with Crippen LogP contribution in [0.25, 0.3) is 0 Å². The Morgan fingerprint density at radius 3 is 2.33 bits per heavy atom. The molecule has 18 heavy (non-hydrogen) atoms. The summed E-state index contributed by atoms with van der Waals surface area (Å²) in [4.78, 5) is 11.8. The fourth-order valence-corrected chi connectivity index (χ4v) is 4.06. The quantitative estimate of drug-likeness (QED) is 0.800. The van der Waals surface area contributed by atoms with Crippen molar-refractivity contribution in [3.63, 3.8) is 0 Å². The predicted octanol–water partition coefficient (Wildman–Crippen LogP) is 0.936. The first-order valence-electron chi connectivity index (χ1n) is 7.12. The first-order chi connectivity index (χ1) is 8.74. The van der Waals surface area contributed by atoms with E-state index >= 15 is 0 Å². The van der Waals surface area contributed by atoms with Crippen LogP contribution < -0.4 is 10.6 Å². The molecule has 4 nitrogen and oxygen atoms in total. The average Bonchev–Trinajstić information content (AvgIpc) is 2.39. The molecule has 2 fully saturated rings. The Morgan fingerprint density at radius 2 is 1.67 bits per heavy atom. The monoisotopic (exact) mass is 272 g/mol. The van der Waals surface area contributed by atoms with Crippen LogP contribution in [0.1, 0.15) is 44.9 Å². The maximum absolute atomic E-state index is 11.8. The number of nitrogens with one attached hydrogen (secondary N) is 2. The molecule has 0 bridgehead atoms. The van der Waals surface area contributed by atoms with Crippen molar-refractivity contribution in [3.05, 3.63) is 0 Å². The van der Waals surface area contributed by atoms with Crippen LogP contribution >= 0.6 is 0 Å². The Bertz CT molecular complexity index is 293. The molecule has 0 atom stereocenters. The molecule has 0 aromatic rings. The van der Waals surface area contributed by atoms with E-state index in [9.17, 15) is 9.00 Å². The molecular formula is C13H24N2O2S. The minimum Gasteiger partial charge on any atom is -0.352 e. The van der Waals surface area contributed by atoms with Crippen molar-refractivity contribution in [2.45, 2.75) is 57.0 Å². The highest BCUT2D eigenvalue weighted by Gasteiger charge is 2.19. The lowest BCUT2D eigenvalue weighted by atomic mass is 9.95. The largest absolute Gasteiger partial charge is 0.352 e. The van der Waals surface area contributed by atoms with Crippen LogP contribution in [0.15, 0.2) is 0 Å². The van der Waals surface area contributed by atoms with E-state index in [0.29, 0.717) is 18.6 Å². The summed E-state index contributed by atoms with van der Waals surface area (Å²) >= 11 is 0. The summed E-state index contributed by atoms with van der Waals surface area (Å²) in [6, 6.07) is 0.770. The standard InChI is InChI=1S/C13H24N2O2S/c16-13(15-12-4-2-1-3-5-12)10-14-11-6-8-18(17)9-7-11/h11-12,14H,1-10H2,(H,15,16). The van der Waals surface area contributed by atoms with E-state index in [-0.39, 0.29) is 5.91 Å². The molecule has 0 aromatic carbocycles. The first-order valence-corrected chi connectivity index (χ1v) is 8.60. The van der Waals surface area contributed by atoms with Gasteiger partial charge in [0.2, 0.25) is 5.91 Å². The summed E-state index contributed by atoms with van der Waals surface area (Å²) in [6.07, 6.45) is 7.93. The SMILES string of the molecule is O=C(CNC1CCS(=O)CC1)NC1CCCCC1. The second-order valence-corrected chi connectivity index (χ2v) is 7.10. The second-order valence-electron chi connectivity index (χ2n) is 5.41. The Kier molecular flexibility index (Phi) is 5.63. The highest BCUT2D eigenvalue weighted by atomic mass is 32.2. The van der Waals surface area contributed by atoms with E-state index in [1.807, 2.05) is 0 Å². The fourth-order valence-electron chi connectivity index (χ4n) is 2.76. The van der Waals surface area contributed by atoms with Gasteiger partial charge in [0.25, 0.3) is 0 Å². The molecule has 2 aliphatic rings. The van der Waals surface area contributed by atoms with Gasteiger partial charge in [-0.05, 0) is 25.7 Å². The average molecular weight is 272 g/mol. The van der Waals surface area contributed by atoms with Crippen LogP contribution in [-0.4, -0.2) is 40.3 Å². The second kappa shape index (κ2) is 7.24. The number of hydrogen-bond acceptors (Lipinski definition) is 3. The van der Waals surface area contributed by atoms with Gasteiger partial charge >= 0.3 is 0 Å². The van der Waals surface area contributed by atoms with Gasteiger partial charge in [0.1, 0.15) is 0 Å². The maximum Gasteiger partial charge on any atom is 0.234 e. The molecule has 0 aromatic heterocycles. The molecule has 0 radical (unpaired) electrons. The van der Waals surface area contributed by atoms with Crippen molar-refractivity contribution in [2.75, 3.05) is 18.1 Å². The molecule has 1 heterocycles. The summed E-state index contributed by atoms with van der Waals surface area (Å²) in [5.41, 5.74) is 0. The van der Waals surface area contributed by atoms with Crippen molar-refractivity contribution >= 4 is 16.7 Å². The Balaban J connectivity index is 1.60. The topological polar surface area (TPSA) is 58.2 Å². The molecule has 1 aliphatic carbocycles. The minimum atomic E-state index is -0.621. The van der Waals surface area contributed by atoms with Gasteiger partial charge in [-0.2, -0.15) is 0 Å². The van der Waals surface area contributed by atoms with Crippen molar-refractivity contribution in [1.29, 1.82) is 0 Å². The van der Waals surface area contributed by atoms with Gasteiger partial charge in [0, 0.05) is 34.4 Å². The predicted molar refractivity (Wildman–Crippen MR) is 73.9 cm³/mol. The van der Waals surface area contributed by atoms with E-state index in [1.54, 1.807) is 0 Å². The smallest absolute Gasteiger partial charge is 0.234 e. The van der Waals surface area contributed by atoms with E-state index in [0.717, 1.165) is 37.2 Å². The minimum absolute atomic E-state index is 0.119. The van der Waals surface area contributed by atoms with E-state index in [2.05, 4.69) is 10.6 Å². The van der Waals surface area contributed by atoms with Gasteiger partial charge in [0.05, 0.1) is 6.54 Å². The molecule has 5 heteroatoms. The van der Waals surface area contributed by atoms with E-state index < -0.39 is 10.8 Å². The number of hydrogen-bond donors (Lipinski definition) is 2. The molecule has 0 unspecified atom stereocenters. The van der Waals surface area contributed by atoms with Gasteiger partial charge in [0.15, 0.2) is 0 Å². The molecule has 0 spiro atoms. The van der Waals surface area contributed by atoms with Gasteiger partial charge in [-0.25, -0.2) is 0 Å². The van der Waals surface area contributed by atoms with Crippen LogP contribution in [0, 0.1) is 0 Å². The van der Waals surface area contributed by atoms with Crippen molar-refractivity contribution in [1.82, 2.24) is 10.6 Å². The van der Waals surface area contributed by atoms with Gasteiger partial charge in [-0.1, -0.05) is 19.3 Å². The van der Waals surface area contributed by atoms with Gasteiger partial charge in [-0.3, -0.25) is 9.00 Å². The lowest BCUT2D eigenvalue weighted by Gasteiger charge is -2.25. The normalized spacial score (nSPS) is 30.0. The summed E-state index contributed by atoms with van der Waals surface area (Å²) in [6.45, 7) is 0.411. The van der Waals surface area contributed by atoms with Crippen LogP contribution in [0.2, 0.25) is 0 Å². The molecule has 1 amide bonds. The van der Waals surface area contributed by atoms with Crippen molar-refractivity contribution < 1.29 is 9.00 Å². The van der Waals surface area contributed by atoms with Crippen LogP contribution in [-0.2, 0) is 15.6 Å². The lowest BCUT2D eigenvalue weighted by Crippen LogP contribution is -2.45. The highest BCUT2D eigenvalue weighted by Crippen LogP contribution is 2.17. The third kappa shape index (κ3) is 4.69. The molecule has 104 valence electrons. The summed E-state index contributed by atoms with van der Waals surface area (Å²) in [5, 5.41) is 6.39. The van der Waals surface area contributed by atoms with Crippen molar-refractivity contribution in [2.24, 2.45) is 0 Å². The van der Waals surface area contributed by atoms with Crippen LogP contribution in [0.5, 0.6) is 0 Å². The van der Waals surface area contributed by atoms with Gasteiger partial charge in [-0.15, -0.1) is 0 Å². The Hall–Kier alpha value is -0.420. The van der Waals surface area contributed by atoms with Crippen LogP contribution in [0.4, 0.5) is 0 Å². The van der Waals surface area contributed by atoms with Crippen LogP contribution in [0.3, 0.4) is 0 Å². The zero-order valence-electron chi connectivity index (χ0n) is 11.0. The van der Waals surface area contributed by atoms with Gasteiger partial charge < -0.3 is 10.6 Å². The number of amides is 1. The Morgan fingerprint density at radius 1 is 1.00 bits per heavy atom. The zero-order chi connectivity index (χ0) is 12.8.